The standard InChI is InChI=1S/C38H51N5O6/c1-26(44)40-22-14-13-19-31(34(45)39-5)41-35(46)32(24-27-15-9-8-10-16-27)42(6)36(47)33(43(7)37(48)49-38(2,3)4)25-28-20-21-29-17-11-12-18-30(29)23-28/h8-12,15-18,20-21,23,31-33H,13-14,19,22,24-25H2,1-7H3,(H,39,45)(H,40,44)(H,41,46)/t31?,32-,33-/m1/s1. The van der Waals surface area contributed by atoms with Gasteiger partial charge in [-0.2, -0.15) is 0 Å². The molecule has 0 radical (unpaired) electrons. The van der Waals surface area contributed by atoms with E-state index in [1.807, 2.05) is 72.8 Å². The molecule has 11 nitrogen and oxygen atoms in total. The minimum absolute atomic E-state index is 0.135. The second-order valence-corrected chi connectivity index (χ2v) is 13.3. The molecule has 0 bridgehead atoms. The fourth-order valence-electron chi connectivity index (χ4n) is 5.52. The van der Waals surface area contributed by atoms with E-state index in [2.05, 4.69) is 16.0 Å². The number of likely N-dealkylation sites (N-methyl/N-ethyl adjacent to an activating group) is 3. The van der Waals surface area contributed by atoms with Gasteiger partial charge in [0.25, 0.3) is 0 Å². The molecule has 0 aliphatic rings. The number of rotatable bonds is 15. The quantitative estimate of drug-likeness (QED) is 0.207. The highest BCUT2D eigenvalue weighted by Gasteiger charge is 2.37. The van der Waals surface area contributed by atoms with E-state index >= 15 is 0 Å². The summed E-state index contributed by atoms with van der Waals surface area (Å²) in [4.78, 5) is 68.7. The summed E-state index contributed by atoms with van der Waals surface area (Å²) in [5.74, 6) is -1.45. The molecule has 0 aliphatic heterocycles. The lowest BCUT2D eigenvalue weighted by Crippen LogP contribution is -2.58. The topological polar surface area (TPSA) is 137 Å². The molecule has 0 heterocycles. The Kier molecular flexibility index (Phi) is 14.2. The van der Waals surface area contributed by atoms with Crippen LogP contribution >= 0.6 is 0 Å². The van der Waals surface area contributed by atoms with Gasteiger partial charge in [0.15, 0.2) is 0 Å². The molecule has 49 heavy (non-hydrogen) atoms. The Labute approximate surface area is 289 Å². The van der Waals surface area contributed by atoms with Crippen molar-refractivity contribution in [2.75, 3.05) is 27.7 Å². The van der Waals surface area contributed by atoms with Gasteiger partial charge in [0.2, 0.25) is 23.6 Å². The fraction of sp³-hybridized carbons (Fsp3) is 0.447. The molecule has 0 spiro atoms. The molecule has 3 N–H and O–H groups in total. The Hall–Kier alpha value is -4.93. The van der Waals surface area contributed by atoms with Crippen LogP contribution in [0, 0.1) is 0 Å². The molecule has 264 valence electrons. The summed E-state index contributed by atoms with van der Waals surface area (Å²) >= 11 is 0. The number of nitrogens with zero attached hydrogens (tertiary/aromatic N) is 2. The molecule has 11 heteroatoms. The summed E-state index contributed by atoms with van der Waals surface area (Å²) in [6, 6.07) is 20.2. The number of nitrogens with one attached hydrogen (secondary N) is 3. The number of ether oxygens (including phenoxy) is 1. The molecule has 0 aliphatic carbocycles. The van der Waals surface area contributed by atoms with Crippen molar-refractivity contribution in [1.29, 1.82) is 0 Å². The Morgan fingerprint density at radius 2 is 1.39 bits per heavy atom. The number of unbranched alkanes of at least 4 members (excludes halogenated alkanes) is 1. The third-order valence-corrected chi connectivity index (χ3v) is 8.24. The number of hydrogen-bond acceptors (Lipinski definition) is 6. The third kappa shape index (κ3) is 11.9. The van der Waals surface area contributed by atoms with Crippen LogP contribution in [-0.2, 0) is 36.8 Å². The summed E-state index contributed by atoms with van der Waals surface area (Å²) in [7, 11) is 4.58. The Balaban J connectivity index is 1.94. The fourth-order valence-corrected chi connectivity index (χ4v) is 5.52. The zero-order valence-corrected chi connectivity index (χ0v) is 29.7. The summed E-state index contributed by atoms with van der Waals surface area (Å²) in [5, 5.41) is 10.3. The first-order valence-electron chi connectivity index (χ1n) is 16.7. The molecule has 3 atom stereocenters. The van der Waals surface area contributed by atoms with Gasteiger partial charge in [0, 0.05) is 47.5 Å². The number of amides is 5. The number of fused-ring (bicyclic) bond motifs is 1. The molecule has 3 aromatic rings. The first kappa shape index (κ1) is 38.5. The van der Waals surface area contributed by atoms with Crippen molar-refractivity contribution in [3.63, 3.8) is 0 Å². The highest BCUT2D eigenvalue weighted by atomic mass is 16.6. The average molecular weight is 674 g/mol. The molecule has 0 saturated heterocycles. The predicted octanol–water partition coefficient (Wildman–Crippen LogP) is 4.22. The maximum atomic E-state index is 14.5. The van der Waals surface area contributed by atoms with Gasteiger partial charge in [0.1, 0.15) is 23.7 Å². The summed E-state index contributed by atoms with van der Waals surface area (Å²) < 4.78 is 5.65. The van der Waals surface area contributed by atoms with Gasteiger partial charge >= 0.3 is 6.09 Å². The zero-order chi connectivity index (χ0) is 36.1. The van der Waals surface area contributed by atoms with Gasteiger partial charge in [-0.3, -0.25) is 24.1 Å². The van der Waals surface area contributed by atoms with Crippen LogP contribution in [0.5, 0.6) is 0 Å². The molecular weight excluding hydrogens is 622 g/mol. The summed E-state index contributed by atoms with van der Waals surface area (Å²) in [6.45, 7) is 7.17. The van der Waals surface area contributed by atoms with Crippen molar-refractivity contribution in [2.24, 2.45) is 0 Å². The van der Waals surface area contributed by atoms with Crippen LogP contribution in [-0.4, -0.2) is 90.9 Å². The van der Waals surface area contributed by atoms with Gasteiger partial charge in [-0.1, -0.05) is 72.8 Å². The first-order valence-corrected chi connectivity index (χ1v) is 16.7. The molecule has 0 saturated carbocycles. The first-order chi connectivity index (χ1) is 23.2. The Bertz CT molecular complexity index is 1590. The number of carbonyl (C=O) groups is 5. The van der Waals surface area contributed by atoms with Crippen LogP contribution < -0.4 is 16.0 Å². The van der Waals surface area contributed by atoms with Crippen molar-refractivity contribution < 1.29 is 28.7 Å². The van der Waals surface area contributed by atoms with Crippen LogP contribution in [0.15, 0.2) is 72.8 Å². The van der Waals surface area contributed by atoms with Gasteiger partial charge in [-0.05, 0) is 61.9 Å². The van der Waals surface area contributed by atoms with E-state index in [0.29, 0.717) is 25.8 Å². The largest absolute Gasteiger partial charge is 0.444 e. The van der Waals surface area contributed by atoms with Crippen molar-refractivity contribution in [1.82, 2.24) is 25.8 Å². The molecule has 1 unspecified atom stereocenters. The zero-order valence-electron chi connectivity index (χ0n) is 29.7. The maximum Gasteiger partial charge on any atom is 0.410 e. The molecule has 0 fully saturated rings. The maximum absolute atomic E-state index is 14.5. The monoisotopic (exact) mass is 673 g/mol. The van der Waals surface area contributed by atoms with Crippen LogP contribution in [0.1, 0.15) is 58.1 Å². The van der Waals surface area contributed by atoms with Crippen molar-refractivity contribution >= 4 is 40.5 Å². The van der Waals surface area contributed by atoms with Gasteiger partial charge in [0.05, 0.1) is 0 Å². The van der Waals surface area contributed by atoms with Crippen LogP contribution in [0.2, 0.25) is 0 Å². The molecule has 5 amide bonds. The lowest BCUT2D eigenvalue weighted by atomic mass is 9.98. The minimum atomic E-state index is -1.01. The smallest absolute Gasteiger partial charge is 0.410 e. The van der Waals surface area contributed by atoms with E-state index in [-0.39, 0.29) is 24.7 Å². The number of hydrogen-bond donors (Lipinski definition) is 3. The molecule has 3 aromatic carbocycles. The minimum Gasteiger partial charge on any atom is -0.444 e. The van der Waals surface area contributed by atoms with Crippen LogP contribution in [0.25, 0.3) is 10.8 Å². The SMILES string of the molecule is CNC(=O)C(CCCCNC(C)=O)NC(=O)[C@@H](Cc1ccccc1)N(C)C(=O)[C@@H](Cc1ccc2ccccc2c1)N(C)C(=O)OC(C)(C)C. The van der Waals surface area contributed by atoms with Crippen molar-refractivity contribution in [2.45, 2.75) is 83.5 Å². The lowest BCUT2D eigenvalue weighted by Gasteiger charge is -2.35. The Morgan fingerprint density at radius 1 is 0.755 bits per heavy atom. The summed E-state index contributed by atoms with van der Waals surface area (Å²) in [6.07, 6.45) is 1.23. The Morgan fingerprint density at radius 3 is 2.02 bits per heavy atom. The highest BCUT2D eigenvalue weighted by molar-refractivity contribution is 5.94. The number of carbonyl (C=O) groups excluding carboxylic acids is 5. The van der Waals surface area contributed by atoms with E-state index in [9.17, 15) is 24.0 Å². The average Bonchev–Trinajstić information content (AvgIpc) is 3.07. The van der Waals surface area contributed by atoms with Crippen LogP contribution in [0.4, 0.5) is 4.79 Å². The van der Waals surface area contributed by atoms with Gasteiger partial charge < -0.3 is 25.6 Å². The molecule has 0 aromatic heterocycles. The number of benzene rings is 3. The highest BCUT2D eigenvalue weighted by Crippen LogP contribution is 2.21. The van der Waals surface area contributed by atoms with Crippen LogP contribution in [0.3, 0.4) is 0 Å². The molecular formula is C38H51N5O6. The second-order valence-electron chi connectivity index (χ2n) is 13.3. The van der Waals surface area contributed by atoms with E-state index in [4.69, 9.17) is 4.74 Å². The van der Waals surface area contributed by atoms with E-state index in [1.165, 1.54) is 30.8 Å². The van der Waals surface area contributed by atoms with Crippen molar-refractivity contribution in [3.05, 3.63) is 83.9 Å². The third-order valence-electron chi connectivity index (χ3n) is 8.24. The van der Waals surface area contributed by atoms with E-state index < -0.39 is 41.6 Å². The normalized spacial score (nSPS) is 13.0. The van der Waals surface area contributed by atoms with E-state index in [1.54, 1.807) is 27.8 Å². The van der Waals surface area contributed by atoms with E-state index in [0.717, 1.165) is 21.9 Å². The second kappa shape index (κ2) is 18.0. The van der Waals surface area contributed by atoms with Gasteiger partial charge in [-0.15, -0.1) is 0 Å². The van der Waals surface area contributed by atoms with Crippen molar-refractivity contribution in [3.8, 4) is 0 Å². The summed E-state index contributed by atoms with van der Waals surface area (Å²) in [5.41, 5.74) is 0.866. The lowest BCUT2D eigenvalue weighted by molar-refractivity contribution is -0.143. The molecule has 3 rings (SSSR count). The predicted molar refractivity (Wildman–Crippen MR) is 191 cm³/mol. The van der Waals surface area contributed by atoms with Gasteiger partial charge in [-0.25, -0.2) is 4.79 Å².